The molecule has 14 heavy (non-hydrogen) atoms. The van der Waals surface area contributed by atoms with Gasteiger partial charge in [-0.25, -0.2) is 0 Å². The molecule has 0 aliphatic heterocycles. The van der Waals surface area contributed by atoms with E-state index in [9.17, 15) is 4.79 Å². The van der Waals surface area contributed by atoms with Crippen LogP contribution in [0.2, 0.25) is 0 Å². The van der Waals surface area contributed by atoms with E-state index < -0.39 is 0 Å². The summed E-state index contributed by atoms with van der Waals surface area (Å²) in [5, 5.41) is 5.90. The van der Waals surface area contributed by atoms with Gasteiger partial charge in [0.15, 0.2) is 0 Å². The minimum Gasteiger partial charge on any atom is -0.355 e. The van der Waals surface area contributed by atoms with Crippen molar-refractivity contribution in [2.45, 2.75) is 13.8 Å². The van der Waals surface area contributed by atoms with E-state index in [4.69, 9.17) is 0 Å². The standard InChI is InChI=1S/C10H23N3O/c1-5-13(4)7-6-12-10(14)9(2)8-11-3/h9,11H,5-8H2,1-4H3,(H,12,14). The van der Waals surface area contributed by atoms with Crippen LogP contribution >= 0.6 is 0 Å². The Bertz CT molecular complexity index is 161. The summed E-state index contributed by atoms with van der Waals surface area (Å²) in [6.45, 7) is 7.42. The predicted molar refractivity (Wildman–Crippen MR) is 59.3 cm³/mol. The van der Waals surface area contributed by atoms with Gasteiger partial charge in [0.25, 0.3) is 0 Å². The average Bonchev–Trinajstić information content (AvgIpc) is 2.17. The van der Waals surface area contributed by atoms with Crippen molar-refractivity contribution in [1.82, 2.24) is 15.5 Å². The number of amides is 1. The molecule has 4 heteroatoms. The lowest BCUT2D eigenvalue weighted by Gasteiger charge is -2.16. The van der Waals surface area contributed by atoms with Crippen molar-refractivity contribution >= 4 is 5.91 Å². The Labute approximate surface area is 87.0 Å². The molecule has 0 aromatic carbocycles. The van der Waals surface area contributed by atoms with Crippen LogP contribution in [0.5, 0.6) is 0 Å². The van der Waals surface area contributed by atoms with Crippen LogP contribution in [-0.4, -0.2) is 51.1 Å². The zero-order chi connectivity index (χ0) is 11.0. The molecule has 0 fully saturated rings. The summed E-state index contributed by atoms with van der Waals surface area (Å²) in [5.41, 5.74) is 0. The van der Waals surface area contributed by atoms with Gasteiger partial charge in [0.1, 0.15) is 0 Å². The molecule has 4 nitrogen and oxygen atoms in total. The zero-order valence-corrected chi connectivity index (χ0v) is 9.76. The molecule has 0 saturated heterocycles. The molecular formula is C10H23N3O. The van der Waals surface area contributed by atoms with Crippen LogP contribution in [0.3, 0.4) is 0 Å². The molecule has 0 spiro atoms. The van der Waals surface area contributed by atoms with Crippen LogP contribution < -0.4 is 10.6 Å². The highest BCUT2D eigenvalue weighted by Crippen LogP contribution is 1.91. The van der Waals surface area contributed by atoms with E-state index in [1.807, 2.05) is 21.0 Å². The molecule has 0 heterocycles. The van der Waals surface area contributed by atoms with E-state index in [1.165, 1.54) is 0 Å². The molecule has 0 rings (SSSR count). The second kappa shape index (κ2) is 7.76. The lowest BCUT2D eigenvalue weighted by Crippen LogP contribution is -2.38. The number of nitrogens with one attached hydrogen (secondary N) is 2. The molecule has 2 N–H and O–H groups in total. The largest absolute Gasteiger partial charge is 0.355 e. The van der Waals surface area contributed by atoms with Crippen molar-refractivity contribution < 1.29 is 4.79 Å². The summed E-state index contributed by atoms with van der Waals surface area (Å²) in [7, 11) is 3.90. The number of likely N-dealkylation sites (N-methyl/N-ethyl adjacent to an activating group) is 1. The Hall–Kier alpha value is -0.610. The lowest BCUT2D eigenvalue weighted by atomic mass is 10.1. The monoisotopic (exact) mass is 201 g/mol. The molecule has 0 bridgehead atoms. The van der Waals surface area contributed by atoms with E-state index >= 15 is 0 Å². The smallest absolute Gasteiger partial charge is 0.224 e. The van der Waals surface area contributed by atoms with Crippen molar-refractivity contribution in [2.24, 2.45) is 5.92 Å². The Morgan fingerprint density at radius 3 is 2.64 bits per heavy atom. The highest BCUT2D eigenvalue weighted by atomic mass is 16.1. The second-order valence-electron chi connectivity index (χ2n) is 3.65. The summed E-state index contributed by atoms with van der Waals surface area (Å²) in [4.78, 5) is 13.6. The third kappa shape index (κ3) is 5.94. The predicted octanol–water partition coefficient (Wildman–Crippen LogP) is -0.0902. The fourth-order valence-corrected chi connectivity index (χ4v) is 1.10. The van der Waals surface area contributed by atoms with Crippen LogP contribution in [0.25, 0.3) is 0 Å². The summed E-state index contributed by atoms with van der Waals surface area (Å²) < 4.78 is 0. The Morgan fingerprint density at radius 1 is 1.50 bits per heavy atom. The van der Waals surface area contributed by atoms with Gasteiger partial charge in [0.05, 0.1) is 0 Å². The molecule has 0 aliphatic rings. The number of hydrogen-bond acceptors (Lipinski definition) is 3. The van der Waals surface area contributed by atoms with Gasteiger partial charge in [-0.15, -0.1) is 0 Å². The maximum absolute atomic E-state index is 11.4. The maximum atomic E-state index is 11.4. The summed E-state index contributed by atoms with van der Waals surface area (Å²) in [6, 6.07) is 0. The molecule has 1 amide bonds. The zero-order valence-electron chi connectivity index (χ0n) is 9.76. The minimum absolute atomic E-state index is 0.0481. The number of hydrogen-bond donors (Lipinski definition) is 2. The first kappa shape index (κ1) is 13.4. The van der Waals surface area contributed by atoms with Crippen LogP contribution in [0.4, 0.5) is 0 Å². The van der Waals surface area contributed by atoms with E-state index in [1.54, 1.807) is 0 Å². The molecule has 84 valence electrons. The van der Waals surface area contributed by atoms with Gasteiger partial charge < -0.3 is 15.5 Å². The Kier molecular flexibility index (Phi) is 7.42. The molecule has 0 aliphatic carbocycles. The van der Waals surface area contributed by atoms with Gasteiger partial charge >= 0.3 is 0 Å². The molecule has 1 unspecified atom stereocenters. The fourth-order valence-electron chi connectivity index (χ4n) is 1.10. The van der Waals surface area contributed by atoms with Crippen LogP contribution in [0.1, 0.15) is 13.8 Å². The van der Waals surface area contributed by atoms with Crippen molar-refractivity contribution in [2.75, 3.05) is 40.3 Å². The molecule has 0 aromatic heterocycles. The summed E-state index contributed by atoms with van der Waals surface area (Å²) >= 11 is 0. The highest BCUT2D eigenvalue weighted by Gasteiger charge is 2.10. The number of nitrogens with zero attached hydrogens (tertiary/aromatic N) is 1. The van der Waals surface area contributed by atoms with Gasteiger partial charge in [-0.2, -0.15) is 0 Å². The van der Waals surface area contributed by atoms with Gasteiger partial charge in [-0.3, -0.25) is 4.79 Å². The second-order valence-corrected chi connectivity index (χ2v) is 3.65. The fraction of sp³-hybridized carbons (Fsp3) is 0.900. The average molecular weight is 201 g/mol. The maximum Gasteiger partial charge on any atom is 0.224 e. The van der Waals surface area contributed by atoms with Gasteiger partial charge in [-0.1, -0.05) is 13.8 Å². The first-order chi connectivity index (χ1) is 6.61. The number of carbonyl (C=O) groups is 1. The van der Waals surface area contributed by atoms with Crippen molar-refractivity contribution in [3.63, 3.8) is 0 Å². The van der Waals surface area contributed by atoms with Crippen molar-refractivity contribution in [3.8, 4) is 0 Å². The SMILES string of the molecule is CCN(C)CCNC(=O)C(C)CNC. The van der Waals surface area contributed by atoms with Crippen LogP contribution in [-0.2, 0) is 4.79 Å². The lowest BCUT2D eigenvalue weighted by molar-refractivity contribution is -0.124. The number of rotatable bonds is 7. The quantitative estimate of drug-likeness (QED) is 0.605. The van der Waals surface area contributed by atoms with E-state index in [-0.39, 0.29) is 11.8 Å². The summed E-state index contributed by atoms with van der Waals surface area (Å²) in [6.07, 6.45) is 0. The topological polar surface area (TPSA) is 44.4 Å². The minimum atomic E-state index is 0.0481. The number of carbonyl (C=O) groups excluding carboxylic acids is 1. The van der Waals surface area contributed by atoms with Crippen LogP contribution in [0.15, 0.2) is 0 Å². The third-order valence-electron chi connectivity index (χ3n) is 2.29. The Morgan fingerprint density at radius 2 is 2.14 bits per heavy atom. The van der Waals surface area contributed by atoms with Gasteiger partial charge in [0, 0.05) is 25.6 Å². The normalized spacial score (nSPS) is 12.9. The first-order valence-corrected chi connectivity index (χ1v) is 5.22. The molecule has 0 radical (unpaired) electrons. The van der Waals surface area contributed by atoms with Gasteiger partial charge in [-0.05, 0) is 20.6 Å². The van der Waals surface area contributed by atoms with Crippen molar-refractivity contribution in [1.29, 1.82) is 0 Å². The van der Waals surface area contributed by atoms with Crippen molar-refractivity contribution in [3.05, 3.63) is 0 Å². The molecule has 0 aromatic rings. The van der Waals surface area contributed by atoms with E-state index in [2.05, 4.69) is 22.5 Å². The Balaban J connectivity index is 3.53. The molecule has 1 atom stereocenters. The first-order valence-electron chi connectivity index (χ1n) is 5.22. The third-order valence-corrected chi connectivity index (χ3v) is 2.29. The molecule has 0 saturated carbocycles. The van der Waals surface area contributed by atoms with Crippen LogP contribution in [0, 0.1) is 5.92 Å². The van der Waals surface area contributed by atoms with E-state index in [0.29, 0.717) is 0 Å². The summed E-state index contributed by atoms with van der Waals surface area (Å²) in [5.74, 6) is 0.177. The van der Waals surface area contributed by atoms with E-state index in [0.717, 1.165) is 26.2 Å². The van der Waals surface area contributed by atoms with Gasteiger partial charge in [0.2, 0.25) is 5.91 Å². The molecular weight excluding hydrogens is 178 g/mol. The highest BCUT2D eigenvalue weighted by molar-refractivity contribution is 5.78.